The van der Waals surface area contributed by atoms with Gasteiger partial charge in [0.1, 0.15) is 11.5 Å². The molecule has 0 amide bonds. The molecule has 3 rings (SSSR count). The molecule has 4 nitrogen and oxygen atoms in total. The molecule has 0 aliphatic rings. The van der Waals surface area contributed by atoms with E-state index in [9.17, 15) is 0 Å². The van der Waals surface area contributed by atoms with Gasteiger partial charge in [0.05, 0.1) is 14.2 Å². The molecule has 1 aromatic heterocycles. The van der Waals surface area contributed by atoms with Gasteiger partial charge in [0, 0.05) is 24.7 Å². The van der Waals surface area contributed by atoms with Crippen LogP contribution in [0.5, 0.6) is 11.5 Å². The summed E-state index contributed by atoms with van der Waals surface area (Å²) in [5, 5.41) is 3.00. The largest absolute Gasteiger partial charge is 0.497 e. The number of nitrogens with zero attached hydrogens (tertiary/aromatic N) is 2. The van der Waals surface area contributed by atoms with Crippen LogP contribution in [0.15, 0.2) is 60.1 Å². The average molecular weight is 340 g/mol. The Kier molecular flexibility index (Phi) is 5.33. The van der Waals surface area contributed by atoms with E-state index in [1.54, 1.807) is 25.6 Å². The molecule has 0 fully saturated rings. The number of hydrogen-bond donors (Lipinski definition) is 0. The Labute approximate surface area is 146 Å². The van der Waals surface area contributed by atoms with E-state index in [0.29, 0.717) is 0 Å². The van der Waals surface area contributed by atoms with Gasteiger partial charge in [0.2, 0.25) is 0 Å². The van der Waals surface area contributed by atoms with Crippen LogP contribution in [0.25, 0.3) is 0 Å². The zero-order valence-electron chi connectivity index (χ0n) is 13.8. The fourth-order valence-corrected chi connectivity index (χ4v) is 3.19. The fraction of sp³-hybridized carbons (Fsp3) is 0.211. The molecule has 0 radical (unpaired) electrons. The van der Waals surface area contributed by atoms with Crippen LogP contribution < -0.4 is 14.4 Å². The Morgan fingerprint density at radius 2 is 1.50 bits per heavy atom. The summed E-state index contributed by atoms with van der Waals surface area (Å²) in [7, 11) is 3.38. The Balaban J connectivity index is 1.83. The first kappa shape index (κ1) is 16.3. The molecule has 2 aromatic carbocycles. The molecular formula is C19H20N2O2S. The normalized spacial score (nSPS) is 10.4. The Morgan fingerprint density at radius 1 is 0.917 bits per heavy atom. The standard InChI is InChI=1S/C19H20N2O2S/c1-22-17-7-3-5-15(11-17)13-21(19-20-9-10-24-19)14-16-6-4-8-18(12-16)23-2/h3-12H,13-14H2,1-2H3. The Hall–Kier alpha value is -2.53. The van der Waals surface area contributed by atoms with Crippen LogP contribution in [0.2, 0.25) is 0 Å². The van der Waals surface area contributed by atoms with Gasteiger partial charge in [0.25, 0.3) is 0 Å². The highest BCUT2D eigenvalue weighted by molar-refractivity contribution is 7.13. The third-order valence-corrected chi connectivity index (χ3v) is 4.54. The zero-order chi connectivity index (χ0) is 16.8. The molecule has 1 heterocycles. The van der Waals surface area contributed by atoms with Crippen molar-refractivity contribution in [2.24, 2.45) is 0 Å². The number of aromatic nitrogens is 1. The minimum absolute atomic E-state index is 0.766. The Morgan fingerprint density at radius 3 is 1.96 bits per heavy atom. The van der Waals surface area contributed by atoms with Gasteiger partial charge < -0.3 is 14.4 Å². The minimum atomic E-state index is 0.766. The summed E-state index contributed by atoms with van der Waals surface area (Å²) in [6.45, 7) is 1.53. The van der Waals surface area contributed by atoms with Gasteiger partial charge >= 0.3 is 0 Å². The monoisotopic (exact) mass is 340 g/mol. The molecule has 3 aromatic rings. The van der Waals surface area contributed by atoms with Gasteiger partial charge in [-0.05, 0) is 35.4 Å². The van der Waals surface area contributed by atoms with Crippen molar-refractivity contribution in [1.29, 1.82) is 0 Å². The van der Waals surface area contributed by atoms with Crippen LogP contribution in [0, 0.1) is 0 Å². The average Bonchev–Trinajstić information content (AvgIpc) is 3.16. The van der Waals surface area contributed by atoms with Crippen molar-refractivity contribution in [2.45, 2.75) is 13.1 Å². The highest BCUT2D eigenvalue weighted by Crippen LogP contribution is 2.25. The van der Waals surface area contributed by atoms with Gasteiger partial charge in [-0.2, -0.15) is 0 Å². The number of rotatable bonds is 7. The number of hydrogen-bond acceptors (Lipinski definition) is 5. The lowest BCUT2D eigenvalue weighted by Gasteiger charge is -2.22. The maximum Gasteiger partial charge on any atom is 0.185 e. The molecule has 124 valence electrons. The van der Waals surface area contributed by atoms with Crippen molar-refractivity contribution < 1.29 is 9.47 Å². The number of methoxy groups -OCH3 is 2. The van der Waals surface area contributed by atoms with Gasteiger partial charge in [-0.1, -0.05) is 24.3 Å². The molecule has 0 aliphatic heterocycles. The highest BCUT2D eigenvalue weighted by atomic mass is 32.1. The molecule has 0 aliphatic carbocycles. The maximum absolute atomic E-state index is 5.33. The second kappa shape index (κ2) is 7.84. The first-order chi connectivity index (χ1) is 11.8. The van der Waals surface area contributed by atoms with E-state index in [4.69, 9.17) is 9.47 Å². The fourth-order valence-electron chi connectivity index (χ4n) is 2.55. The predicted molar refractivity (Wildman–Crippen MR) is 98.0 cm³/mol. The molecule has 0 N–H and O–H groups in total. The van der Waals surface area contributed by atoms with Crippen molar-refractivity contribution >= 4 is 16.5 Å². The third-order valence-electron chi connectivity index (χ3n) is 3.70. The second-order valence-electron chi connectivity index (χ2n) is 5.37. The SMILES string of the molecule is COc1cccc(CN(Cc2cccc(OC)c2)c2nccs2)c1. The van der Waals surface area contributed by atoms with E-state index in [1.165, 1.54) is 11.1 Å². The number of ether oxygens (including phenoxy) is 2. The summed E-state index contributed by atoms with van der Waals surface area (Å²) in [5.41, 5.74) is 2.37. The molecule has 0 atom stereocenters. The molecule has 0 saturated carbocycles. The van der Waals surface area contributed by atoms with Crippen LogP contribution in [0.4, 0.5) is 5.13 Å². The highest BCUT2D eigenvalue weighted by Gasteiger charge is 2.12. The summed E-state index contributed by atoms with van der Waals surface area (Å²) >= 11 is 1.64. The first-order valence-corrected chi connectivity index (χ1v) is 8.57. The quantitative estimate of drug-likeness (QED) is 0.640. The van der Waals surface area contributed by atoms with Crippen LogP contribution in [-0.2, 0) is 13.1 Å². The van der Waals surface area contributed by atoms with Crippen LogP contribution in [0.1, 0.15) is 11.1 Å². The van der Waals surface area contributed by atoms with Gasteiger partial charge in [0.15, 0.2) is 5.13 Å². The van der Waals surface area contributed by atoms with Gasteiger partial charge in [-0.25, -0.2) is 4.98 Å². The van der Waals surface area contributed by atoms with E-state index in [1.807, 2.05) is 35.8 Å². The molecule has 5 heteroatoms. The van der Waals surface area contributed by atoms with Crippen molar-refractivity contribution in [2.75, 3.05) is 19.1 Å². The third kappa shape index (κ3) is 4.06. The molecule has 0 bridgehead atoms. The van der Waals surface area contributed by atoms with Crippen LogP contribution in [-0.4, -0.2) is 19.2 Å². The second-order valence-corrected chi connectivity index (χ2v) is 6.25. The van der Waals surface area contributed by atoms with E-state index < -0.39 is 0 Å². The maximum atomic E-state index is 5.33. The van der Waals surface area contributed by atoms with Crippen LogP contribution >= 0.6 is 11.3 Å². The summed E-state index contributed by atoms with van der Waals surface area (Å²) < 4.78 is 10.7. The predicted octanol–water partition coefficient (Wildman–Crippen LogP) is 4.37. The lowest BCUT2D eigenvalue weighted by Crippen LogP contribution is -2.22. The summed E-state index contributed by atoms with van der Waals surface area (Å²) in [6, 6.07) is 16.3. The molecule has 24 heavy (non-hydrogen) atoms. The molecular weight excluding hydrogens is 320 g/mol. The number of thiazole rings is 1. The van der Waals surface area contributed by atoms with Crippen molar-refractivity contribution in [3.8, 4) is 11.5 Å². The summed E-state index contributed by atoms with van der Waals surface area (Å²) in [4.78, 5) is 6.73. The zero-order valence-corrected chi connectivity index (χ0v) is 14.6. The molecule has 0 unspecified atom stereocenters. The van der Waals surface area contributed by atoms with E-state index in [2.05, 4.69) is 34.1 Å². The van der Waals surface area contributed by atoms with Gasteiger partial charge in [-0.15, -0.1) is 11.3 Å². The van der Waals surface area contributed by atoms with Gasteiger partial charge in [-0.3, -0.25) is 0 Å². The number of anilines is 1. The van der Waals surface area contributed by atoms with E-state index in [-0.39, 0.29) is 0 Å². The van der Waals surface area contributed by atoms with Crippen LogP contribution in [0.3, 0.4) is 0 Å². The minimum Gasteiger partial charge on any atom is -0.497 e. The lowest BCUT2D eigenvalue weighted by atomic mass is 10.1. The molecule has 0 saturated heterocycles. The first-order valence-electron chi connectivity index (χ1n) is 7.69. The van der Waals surface area contributed by atoms with E-state index >= 15 is 0 Å². The summed E-state index contributed by atoms with van der Waals surface area (Å²) in [6.07, 6.45) is 1.84. The van der Waals surface area contributed by atoms with Crippen molar-refractivity contribution in [1.82, 2.24) is 4.98 Å². The Bertz CT molecular complexity index is 725. The van der Waals surface area contributed by atoms with Crippen molar-refractivity contribution in [3.63, 3.8) is 0 Å². The smallest absolute Gasteiger partial charge is 0.185 e. The van der Waals surface area contributed by atoms with Crippen molar-refractivity contribution in [3.05, 3.63) is 71.2 Å². The van der Waals surface area contributed by atoms with E-state index in [0.717, 1.165) is 29.7 Å². The number of benzene rings is 2. The lowest BCUT2D eigenvalue weighted by molar-refractivity contribution is 0.414. The topological polar surface area (TPSA) is 34.6 Å². The summed E-state index contributed by atoms with van der Waals surface area (Å²) in [5.74, 6) is 1.74. The molecule has 0 spiro atoms.